The molecule has 0 amide bonds. The zero-order chi connectivity index (χ0) is 13.8. The van der Waals surface area contributed by atoms with Crippen LogP contribution in [0.3, 0.4) is 0 Å². The minimum absolute atomic E-state index is 0.176. The second-order valence-electron chi connectivity index (χ2n) is 5.81. The third-order valence-electron chi connectivity index (χ3n) is 4.27. The lowest BCUT2D eigenvalue weighted by molar-refractivity contribution is -0.148. The van der Waals surface area contributed by atoms with E-state index in [1.54, 1.807) is 0 Å². The first-order valence-electron chi connectivity index (χ1n) is 6.96. The Labute approximate surface area is 111 Å². The van der Waals surface area contributed by atoms with Gasteiger partial charge >= 0.3 is 5.97 Å². The van der Waals surface area contributed by atoms with Gasteiger partial charge in [0.15, 0.2) is 0 Å². The molecule has 106 valence electrons. The van der Waals surface area contributed by atoms with E-state index in [2.05, 4.69) is 24.1 Å². The van der Waals surface area contributed by atoms with Crippen LogP contribution in [0.2, 0.25) is 0 Å². The average molecular weight is 256 g/mol. The molecule has 18 heavy (non-hydrogen) atoms. The summed E-state index contributed by atoms with van der Waals surface area (Å²) in [6.07, 6.45) is 3.35. The third-order valence-corrected chi connectivity index (χ3v) is 4.27. The van der Waals surface area contributed by atoms with Crippen LogP contribution < -0.4 is 5.32 Å². The number of esters is 1. The van der Waals surface area contributed by atoms with Crippen molar-refractivity contribution in [2.75, 3.05) is 27.2 Å². The summed E-state index contributed by atoms with van der Waals surface area (Å²) in [5.41, 5.74) is -0.571. The zero-order valence-corrected chi connectivity index (χ0v) is 12.5. The van der Waals surface area contributed by atoms with Gasteiger partial charge in [-0.3, -0.25) is 4.79 Å². The number of likely N-dealkylation sites (N-methyl/N-ethyl adjacent to an activating group) is 1. The van der Waals surface area contributed by atoms with Crippen molar-refractivity contribution < 1.29 is 9.53 Å². The Balaban J connectivity index is 2.55. The Kier molecular flexibility index (Phi) is 5.60. The van der Waals surface area contributed by atoms with Gasteiger partial charge in [-0.15, -0.1) is 0 Å². The summed E-state index contributed by atoms with van der Waals surface area (Å²) in [6, 6.07) is 0.670. The van der Waals surface area contributed by atoms with E-state index in [-0.39, 0.29) is 5.97 Å². The van der Waals surface area contributed by atoms with Crippen LogP contribution in [0.15, 0.2) is 0 Å². The second-order valence-corrected chi connectivity index (χ2v) is 5.81. The van der Waals surface area contributed by atoms with Crippen LogP contribution in [0.1, 0.15) is 40.0 Å². The van der Waals surface area contributed by atoms with Gasteiger partial charge in [-0.05, 0) is 45.7 Å². The number of methoxy groups -OCH3 is 1. The van der Waals surface area contributed by atoms with E-state index in [0.29, 0.717) is 12.0 Å². The standard InChI is InChI=1S/C14H28N2O2/c1-11(2)12-7-6-9-16(12)10-8-14(3,15-4)13(17)18-5/h11-12,15H,6-10H2,1-5H3. The number of rotatable bonds is 6. The molecule has 4 heteroatoms. The van der Waals surface area contributed by atoms with Crippen LogP contribution in [0, 0.1) is 5.92 Å². The van der Waals surface area contributed by atoms with Crippen LogP contribution >= 0.6 is 0 Å². The fraction of sp³-hybridized carbons (Fsp3) is 0.929. The quantitative estimate of drug-likeness (QED) is 0.734. The fourth-order valence-corrected chi connectivity index (χ4v) is 2.81. The number of nitrogens with zero attached hydrogens (tertiary/aromatic N) is 1. The summed E-state index contributed by atoms with van der Waals surface area (Å²) in [6.45, 7) is 8.58. The molecule has 1 saturated heterocycles. The maximum absolute atomic E-state index is 11.8. The van der Waals surface area contributed by atoms with E-state index in [9.17, 15) is 4.79 Å². The Morgan fingerprint density at radius 3 is 2.72 bits per heavy atom. The van der Waals surface area contributed by atoms with Crippen molar-refractivity contribution in [3.63, 3.8) is 0 Å². The van der Waals surface area contributed by atoms with Gasteiger partial charge in [0.25, 0.3) is 0 Å². The number of likely N-dealkylation sites (tertiary alicyclic amines) is 1. The van der Waals surface area contributed by atoms with Crippen molar-refractivity contribution in [1.29, 1.82) is 0 Å². The van der Waals surface area contributed by atoms with Crippen molar-refractivity contribution in [3.8, 4) is 0 Å². The van der Waals surface area contributed by atoms with E-state index in [4.69, 9.17) is 4.74 Å². The lowest BCUT2D eigenvalue weighted by Gasteiger charge is -2.32. The first kappa shape index (κ1) is 15.4. The molecule has 1 rings (SSSR count). The molecule has 0 spiro atoms. The van der Waals surface area contributed by atoms with Gasteiger partial charge in [-0.1, -0.05) is 13.8 Å². The van der Waals surface area contributed by atoms with Gasteiger partial charge in [0.05, 0.1) is 7.11 Å². The van der Waals surface area contributed by atoms with Gasteiger partial charge in [0.1, 0.15) is 5.54 Å². The van der Waals surface area contributed by atoms with Gasteiger partial charge in [0, 0.05) is 12.6 Å². The monoisotopic (exact) mass is 256 g/mol. The molecule has 0 radical (unpaired) electrons. The molecule has 2 unspecified atom stereocenters. The van der Waals surface area contributed by atoms with E-state index in [1.807, 2.05) is 14.0 Å². The highest BCUT2D eigenvalue weighted by Crippen LogP contribution is 2.25. The Bertz CT molecular complexity index is 281. The van der Waals surface area contributed by atoms with E-state index < -0.39 is 5.54 Å². The number of hydrogen-bond acceptors (Lipinski definition) is 4. The number of carbonyl (C=O) groups is 1. The van der Waals surface area contributed by atoms with Crippen LogP contribution in [-0.4, -0.2) is 49.7 Å². The van der Waals surface area contributed by atoms with E-state index in [0.717, 1.165) is 19.5 Å². The third kappa shape index (κ3) is 3.45. The molecule has 1 fully saturated rings. The van der Waals surface area contributed by atoms with Crippen molar-refractivity contribution in [2.24, 2.45) is 5.92 Å². The highest BCUT2D eigenvalue weighted by Gasteiger charge is 2.35. The van der Waals surface area contributed by atoms with E-state index >= 15 is 0 Å². The number of ether oxygens (including phenoxy) is 1. The summed E-state index contributed by atoms with van der Waals surface area (Å²) >= 11 is 0. The van der Waals surface area contributed by atoms with Crippen LogP contribution in [-0.2, 0) is 9.53 Å². The molecule has 1 aliphatic rings. The van der Waals surface area contributed by atoms with Crippen molar-refractivity contribution in [1.82, 2.24) is 10.2 Å². The SMILES string of the molecule is CNC(C)(CCN1CCCC1C(C)C)C(=O)OC. The molecule has 1 heterocycles. The molecule has 0 aromatic carbocycles. The molecule has 2 atom stereocenters. The largest absolute Gasteiger partial charge is 0.468 e. The molecular weight excluding hydrogens is 228 g/mol. The molecule has 1 N–H and O–H groups in total. The van der Waals surface area contributed by atoms with Crippen LogP contribution in [0.5, 0.6) is 0 Å². The maximum Gasteiger partial charge on any atom is 0.325 e. The van der Waals surface area contributed by atoms with Crippen LogP contribution in [0.4, 0.5) is 0 Å². The smallest absolute Gasteiger partial charge is 0.325 e. The molecule has 0 bridgehead atoms. The summed E-state index contributed by atoms with van der Waals surface area (Å²) in [5.74, 6) is 0.511. The summed E-state index contributed by atoms with van der Waals surface area (Å²) in [4.78, 5) is 14.3. The average Bonchev–Trinajstić information content (AvgIpc) is 2.83. The van der Waals surface area contributed by atoms with Crippen LogP contribution in [0.25, 0.3) is 0 Å². The first-order valence-corrected chi connectivity index (χ1v) is 6.96. The summed E-state index contributed by atoms with van der Waals surface area (Å²) in [7, 11) is 3.27. The number of hydrogen-bond donors (Lipinski definition) is 1. The summed E-state index contributed by atoms with van der Waals surface area (Å²) in [5, 5.41) is 3.10. The summed E-state index contributed by atoms with van der Waals surface area (Å²) < 4.78 is 4.88. The van der Waals surface area contributed by atoms with E-state index in [1.165, 1.54) is 20.0 Å². The molecule has 0 saturated carbocycles. The molecule has 0 aromatic rings. The second kappa shape index (κ2) is 6.53. The topological polar surface area (TPSA) is 41.6 Å². The normalized spacial score (nSPS) is 24.2. The number of carbonyl (C=O) groups excluding carboxylic acids is 1. The zero-order valence-electron chi connectivity index (χ0n) is 12.5. The fourth-order valence-electron chi connectivity index (χ4n) is 2.81. The lowest BCUT2D eigenvalue weighted by Crippen LogP contribution is -2.51. The molecular formula is C14H28N2O2. The minimum Gasteiger partial charge on any atom is -0.468 e. The number of nitrogens with one attached hydrogen (secondary N) is 1. The Morgan fingerprint density at radius 2 is 2.22 bits per heavy atom. The highest BCUT2D eigenvalue weighted by molar-refractivity contribution is 5.80. The van der Waals surface area contributed by atoms with Gasteiger partial charge in [-0.25, -0.2) is 0 Å². The molecule has 0 aliphatic carbocycles. The van der Waals surface area contributed by atoms with Gasteiger partial charge in [-0.2, -0.15) is 0 Å². The van der Waals surface area contributed by atoms with Gasteiger partial charge < -0.3 is 15.0 Å². The van der Waals surface area contributed by atoms with Crippen molar-refractivity contribution in [2.45, 2.75) is 51.6 Å². The van der Waals surface area contributed by atoms with Gasteiger partial charge in [0.2, 0.25) is 0 Å². The molecule has 4 nitrogen and oxygen atoms in total. The predicted octanol–water partition coefficient (Wildman–Crippen LogP) is 1.65. The Morgan fingerprint density at radius 1 is 1.56 bits per heavy atom. The maximum atomic E-state index is 11.8. The van der Waals surface area contributed by atoms with Crippen molar-refractivity contribution in [3.05, 3.63) is 0 Å². The molecule has 1 aliphatic heterocycles. The first-order chi connectivity index (χ1) is 8.44. The lowest BCUT2D eigenvalue weighted by atomic mass is 9.96. The highest BCUT2D eigenvalue weighted by atomic mass is 16.5. The predicted molar refractivity (Wildman–Crippen MR) is 73.5 cm³/mol. The molecule has 0 aromatic heterocycles. The van der Waals surface area contributed by atoms with Crippen molar-refractivity contribution >= 4 is 5.97 Å². The Hall–Kier alpha value is -0.610. The minimum atomic E-state index is -0.571.